The van der Waals surface area contributed by atoms with Crippen LogP contribution in [0.4, 0.5) is 5.69 Å². The molecule has 1 aromatic rings. The van der Waals surface area contributed by atoms with Crippen LogP contribution in [0.1, 0.15) is 5.56 Å². The SMILES string of the molecule is Cc1ccc(NC2=NC=NCC2(C=N)CN)cc1. The van der Waals surface area contributed by atoms with Gasteiger partial charge < -0.3 is 16.5 Å². The van der Waals surface area contributed by atoms with Gasteiger partial charge >= 0.3 is 0 Å². The highest BCUT2D eigenvalue weighted by atomic mass is 15.1. The summed E-state index contributed by atoms with van der Waals surface area (Å²) in [5, 5.41) is 10.8. The van der Waals surface area contributed by atoms with Gasteiger partial charge in [0.15, 0.2) is 0 Å². The third-order valence-corrected chi connectivity index (χ3v) is 3.07. The Kier molecular flexibility index (Phi) is 3.53. The van der Waals surface area contributed by atoms with Gasteiger partial charge in [-0.2, -0.15) is 0 Å². The standard InChI is InChI=1S/C13H17N5/c1-10-2-4-11(5-3-10)18-12-13(6-14,7-15)8-16-9-17-12/h2-6,9,14H,7-8,15H2,1H3,(H,16,17,18). The predicted octanol–water partition coefficient (Wildman–Crippen LogP) is 1.44. The van der Waals surface area contributed by atoms with Crippen molar-refractivity contribution in [1.29, 1.82) is 5.41 Å². The fourth-order valence-electron chi connectivity index (χ4n) is 1.77. The van der Waals surface area contributed by atoms with Gasteiger partial charge in [-0.15, -0.1) is 0 Å². The Morgan fingerprint density at radius 3 is 2.78 bits per heavy atom. The molecule has 5 heteroatoms. The summed E-state index contributed by atoms with van der Waals surface area (Å²) < 4.78 is 0. The highest BCUT2D eigenvalue weighted by Crippen LogP contribution is 2.21. The first-order chi connectivity index (χ1) is 8.70. The molecule has 0 aliphatic carbocycles. The van der Waals surface area contributed by atoms with Crippen molar-refractivity contribution in [1.82, 2.24) is 0 Å². The molecule has 1 aliphatic heterocycles. The van der Waals surface area contributed by atoms with Crippen LogP contribution in [0.25, 0.3) is 0 Å². The summed E-state index contributed by atoms with van der Waals surface area (Å²) in [5.74, 6) is 0.679. The molecule has 0 saturated carbocycles. The molecule has 2 rings (SSSR count). The lowest BCUT2D eigenvalue weighted by Crippen LogP contribution is -2.47. The van der Waals surface area contributed by atoms with Crippen molar-refractivity contribution in [2.45, 2.75) is 6.92 Å². The molecule has 0 radical (unpaired) electrons. The zero-order valence-electron chi connectivity index (χ0n) is 10.4. The number of hydrogen-bond donors (Lipinski definition) is 3. The average Bonchev–Trinajstić information content (AvgIpc) is 2.42. The maximum atomic E-state index is 7.58. The summed E-state index contributed by atoms with van der Waals surface area (Å²) in [7, 11) is 0. The van der Waals surface area contributed by atoms with E-state index in [1.165, 1.54) is 18.1 Å². The summed E-state index contributed by atoms with van der Waals surface area (Å²) >= 11 is 0. The number of anilines is 1. The van der Waals surface area contributed by atoms with Crippen LogP contribution in [-0.2, 0) is 0 Å². The van der Waals surface area contributed by atoms with Gasteiger partial charge in [0.2, 0.25) is 0 Å². The third-order valence-electron chi connectivity index (χ3n) is 3.07. The monoisotopic (exact) mass is 243 g/mol. The highest BCUT2D eigenvalue weighted by Gasteiger charge is 2.34. The largest absolute Gasteiger partial charge is 0.343 e. The molecule has 0 bridgehead atoms. The van der Waals surface area contributed by atoms with E-state index in [0.29, 0.717) is 18.9 Å². The fourth-order valence-corrected chi connectivity index (χ4v) is 1.77. The number of rotatable bonds is 3. The number of aryl methyl sites for hydroxylation is 1. The first kappa shape index (κ1) is 12.4. The Balaban J connectivity index is 2.25. The van der Waals surface area contributed by atoms with Crippen molar-refractivity contribution in [2.24, 2.45) is 21.1 Å². The van der Waals surface area contributed by atoms with Crippen LogP contribution in [-0.4, -0.2) is 31.5 Å². The Hall–Kier alpha value is -2.01. The molecule has 0 spiro atoms. The molecule has 94 valence electrons. The minimum atomic E-state index is -0.611. The average molecular weight is 243 g/mol. The van der Waals surface area contributed by atoms with Gasteiger partial charge in [-0.25, -0.2) is 4.99 Å². The lowest BCUT2D eigenvalue weighted by molar-refractivity contribution is 0.603. The van der Waals surface area contributed by atoms with Gasteiger partial charge in [-0.05, 0) is 19.1 Å². The van der Waals surface area contributed by atoms with E-state index in [4.69, 9.17) is 11.1 Å². The van der Waals surface area contributed by atoms with Crippen LogP contribution < -0.4 is 11.1 Å². The zero-order chi connectivity index (χ0) is 13.0. The molecule has 18 heavy (non-hydrogen) atoms. The Bertz CT molecular complexity index is 489. The summed E-state index contributed by atoms with van der Waals surface area (Å²) in [6, 6.07) is 8.01. The van der Waals surface area contributed by atoms with E-state index in [9.17, 15) is 0 Å². The molecule has 1 aliphatic rings. The van der Waals surface area contributed by atoms with E-state index in [1.54, 1.807) is 0 Å². The Morgan fingerprint density at radius 1 is 1.44 bits per heavy atom. The number of nitrogens with one attached hydrogen (secondary N) is 2. The molecular weight excluding hydrogens is 226 g/mol. The van der Waals surface area contributed by atoms with Gasteiger partial charge in [0, 0.05) is 18.4 Å². The van der Waals surface area contributed by atoms with Crippen molar-refractivity contribution in [3.63, 3.8) is 0 Å². The molecule has 0 saturated heterocycles. The molecule has 0 aromatic heterocycles. The molecule has 4 N–H and O–H groups in total. The number of benzene rings is 1. The second kappa shape index (κ2) is 5.10. The maximum Gasteiger partial charge on any atom is 0.123 e. The highest BCUT2D eigenvalue weighted by molar-refractivity contribution is 6.12. The second-order valence-corrected chi connectivity index (χ2v) is 4.43. The molecule has 1 heterocycles. The van der Waals surface area contributed by atoms with E-state index in [1.807, 2.05) is 31.2 Å². The summed E-state index contributed by atoms with van der Waals surface area (Å²) in [6.45, 7) is 2.81. The minimum Gasteiger partial charge on any atom is -0.343 e. The molecule has 5 nitrogen and oxygen atoms in total. The second-order valence-electron chi connectivity index (χ2n) is 4.43. The van der Waals surface area contributed by atoms with E-state index in [2.05, 4.69) is 15.3 Å². The molecule has 0 fully saturated rings. The molecule has 1 atom stereocenters. The molecule has 1 unspecified atom stereocenters. The summed E-state index contributed by atoms with van der Waals surface area (Å²) in [6.07, 6.45) is 2.83. The van der Waals surface area contributed by atoms with Crippen LogP contribution >= 0.6 is 0 Å². The van der Waals surface area contributed by atoms with Crippen LogP contribution in [0.2, 0.25) is 0 Å². The van der Waals surface area contributed by atoms with E-state index in [0.717, 1.165) is 5.69 Å². The number of nitrogens with zero attached hydrogens (tertiary/aromatic N) is 2. The lowest BCUT2D eigenvalue weighted by atomic mass is 9.87. The minimum absolute atomic E-state index is 0.311. The summed E-state index contributed by atoms with van der Waals surface area (Å²) in [5.41, 5.74) is 7.30. The van der Waals surface area contributed by atoms with Crippen molar-refractivity contribution >= 4 is 24.1 Å². The summed E-state index contributed by atoms with van der Waals surface area (Å²) in [4.78, 5) is 8.32. The first-order valence-corrected chi connectivity index (χ1v) is 5.82. The Morgan fingerprint density at radius 2 is 2.17 bits per heavy atom. The van der Waals surface area contributed by atoms with E-state index < -0.39 is 5.41 Å². The van der Waals surface area contributed by atoms with Crippen LogP contribution in [0.3, 0.4) is 0 Å². The van der Waals surface area contributed by atoms with Crippen molar-refractivity contribution in [3.05, 3.63) is 29.8 Å². The zero-order valence-corrected chi connectivity index (χ0v) is 10.4. The van der Waals surface area contributed by atoms with Crippen molar-refractivity contribution in [2.75, 3.05) is 18.4 Å². The number of nitrogens with two attached hydrogens (primary N) is 1. The maximum absolute atomic E-state index is 7.58. The van der Waals surface area contributed by atoms with Gasteiger partial charge in [-0.3, -0.25) is 4.99 Å². The van der Waals surface area contributed by atoms with E-state index >= 15 is 0 Å². The third kappa shape index (κ3) is 2.31. The smallest absolute Gasteiger partial charge is 0.123 e. The lowest BCUT2D eigenvalue weighted by Gasteiger charge is -2.30. The quantitative estimate of drug-likeness (QED) is 0.701. The number of amidine groups is 1. The van der Waals surface area contributed by atoms with Gasteiger partial charge in [-0.1, -0.05) is 17.7 Å². The van der Waals surface area contributed by atoms with Crippen LogP contribution in [0.15, 0.2) is 34.3 Å². The normalized spacial score (nSPS) is 22.4. The van der Waals surface area contributed by atoms with E-state index in [-0.39, 0.29) is 0 Å². The predicted molar refractivity (Wildman–Crippen MR) is 75.9 cm³/mol. The van der Waals surface area contributed by atoms with Crippen LogP contribution in [0.5, 0.6) is 0 Å². The molecular formula is C13H17N5. The topological polar surface area (TPSA) is 86.6 Å². The van der Waals surface area contributed by atoms with Crippen molar-refractivity contribution < 1.29 is 0 Å². The van der Waals surface area contributed by atoms with Gasteiger partial charge in [0.05, 0.1) is 12.0 Å². The number of aliphatic imine (C=N–C) groups is 2. The first-order valence-electron chi connectivity index (χ1n) is 5.82. The van der Waals surface area contributed by atoms with Crippen molar-refractivity contribution in [3.8, 4) is 0 Å². The van der Waals surface area contributed by atoms with Crippen LogP contribution in [0, 0.1) is 17.7 Å². The van der Waals surface area contributed by atoms with Gasteiger partial charge in [0.1, 0.15) is 12.2 Å². The van der Waals surface area contributed by atoms with Gasteiger partial charge in [0.25, 0.3) is 0 Å². The number of hydrogen-bond acceptors (Lipinski definition) is 5. The fraction of sp³-hybridized carbons (Fsp3) is 0.308. The molecule has 1 aromatic carbocycles. The molecule has 0 amide bonds. The Labute approximate surface area is 106 Å².